The molecule has 0 heterocycles. The Morgan fingerprint density at radius 1 is 0.656 bits per heavy atom. The molecule has 0 aliphatic carbocycles. The van der Waals surface area contributed by atoms with Crippen molar-refractivity contribution in [3.63, 3.8) is 0 Å². The van der Waals surface area contributed by atoms with Gasteiger partial charge in [-0.3, -0.25) is 0 Å². The second-order valence-electron chi connectivity index (χ2n) is 6.82. The Kier molecular flexibility index (Phi) is 16.3. The summed E-state index contributed by atoms with van der Waals surface area (Å²) < 4.78 is 29.8. The lowest BCUT2D eigenvalue weighted by molar-refractivity contribution is 0.212. The lowest BCUT2D eigenvalue weighted by Gasteiger charge is -2.23. The highest BCUT2D eigenvalue weighted by molar-refractivity contribution is 7.81. The number of phosphoric acid groups is 1. The molecule has 0 amide bonds. The molecule has 0 aromatic carbocycles. The molecule has 7 nitrogen and oxygen atoms in total. The summed E-state index contributed by atoms with van der Waals surface area (Å²) in [5.74, 6) is -0.223. The number of phosphoric ester groups is 1. The number of rotatable bonds is 18. The van der Waals surface area contributed by atoms with Gasteiger partial charge in [0.05, 0.1) is 0 Å². The van der Waals surface area contributed by atoms with E-state index in [9.17, 15) is 4.57 Å². The molecule has 0 saturated heterocycles. The lowest BCUT2D eigenvalue weighted by atomic mass is 10.3. The second-order valence-corrected chi connectivity index (χ2v) is 9.49. The van der Waals surface area contributed by atoms with Crippen LogP contribution in [-0.4, -0.2) is 34.6 Å². The summed E-state index contributed by atoms with van der Waals surface area (Å²) >= 11 is 15.7. The van der Waals surface area contributed by atoms with Crippen molar-refractivity contribution in [3.05, 3.63) is 37.0 Å². The largest absolute Gasteiger partial charge is 0.647 e. The maximum absolute atomic E-state index is 13.4. The molecule has 11 heteroatoms. The van der Waals surface area contributed by atoms with E-state index in [2.05, 4.69) is 56.5 Å². The fourth-order valence-electron chi connectivity index (χ4n) is 2.02. The van der Waals surface area contributed by atoms with Gasteiger partial charge in [0, 0.05) is 19.6 Å². The van der Waals surface area contributed by atoms with Crippen LogP contribution in [0.25, 0.3) is 0 Å². The Bertz CT molecular complexity index is 649. The highest BCUT2D eigenvalue weighted by atomic mass is 32.1. The Balaban J connectivity index is 5.32. The van der Waals surface area contributed by atoms with E-state index in [-0.39, 0.29) is 32.2 Å². The summed E-state index contributed by atoms with van der Waals surface area (Å²) in [4.78, 5) is 0.568. The topological polar surface area (TPSA) is 80.9 Å². The quantitative estimate of drug-likeness (QED) is 0.0673. The van der Waals surface area contributed by atoms with Gasteiger partial charge in [0.25, 0.3) is 0 Å². The van der Waals surface area contributed by atoms with Crippen LogP contribution in [0.3, 0.4) is 0 Å². The highest BCUT2D eigenvalue weighted by Crippen LogP contribution is 2.54. The minimum Gasteiger partial charge on any atom is -0.383 e. The van der Waals surface area contributed by atoms with E-state index in [1.165, 1.54) is 0 Å². The van der Waals surface area contributed by atoms with Gasteiger partial charge in [-0.25, -0.2) is 0 Å². The van der Waals surface area contributed by atoms with Crippen LogP contribution in [0.2, 0.25) is 0 Å². The Labute approximate surface area is 209 Å². The SMILES string of the molecule is C=C(OP(=O)(OC(=C)C(=S)NCCCC)OC(=C)C(=S)NCCCC)C(=S)NCCCC. The molecule has 0 radical (unpaired) electrons. The van der Waals surface area contributed by atoms with Crippen molar-refractivity contribution in [2.45, 2.75) is 59.3 Å². The van der Waals surface area contributed by atoms with Crippen LogP contribution in [0.5, 0.6) is 0 Å². The van der Waals surface area contributed by atoms with Gasteiger partial charge in [0.1, 0.15) is 15.0 Å². The molecule has 0 spiro atoms. The molecular formula is C21H36N3O4PS3. The number of hydrogen-bond donors (Lipinski definition) is 3. The summed E-state index contributed by atoms with van der Waals surface area (Å²) in [5.41, 5.74) is 0. The second kappa shape index (κ2) is 17.1. The number of unbranched alkanes of at least 4 members (excludes halogenated alkanes) is 3. The van der Waals surface area contributed by atoms with Gasteiger partial charge in [0.15, 0.2) is 17.3 Å². The molecule has 0 bridgehead atoms. The normalized spacial score (nSPS) is 10.5. The van der Waals surface area contributed by atoms with Gasteiger partial charge in [-0.1, -0.05) is 96.4 Å². The first kappa shape index (κ1) is 30.5. The Hall–Kier alpha value is -1.48. The monoisotopic (exact) mass is 521 g/mol. The van der Waals surface area contributed by atoms with Gasteiger partial charge in [-0.15, -0.1) is 0 Å². The molecule has 0 rings (SSSR count). The van der Waals surface area contributed by atoms with Crippen LogP contribution in [0.4, 0.5) is 0 Å². The van der Waals surface area contributed by atoms with Gasteiger partial charge in [-0.05, 0) is 19.3 Å². The lowest BCUT2D eigenvalue weighted by Crippen LogP contribution is -2.27. The molecule has 32 heavy (non-hydrogen) atoms. The standard InChI is InChI=1S/C21H36N3O4PS3/c1-7-10-13-22-19(30)16(4)26-29(25,27-17(5)20(31)23-14-11-8-2)28-18(6)21(32)24-15-12-9-3/h4-15H2,1-3H3,(H,22,30)(H,23,31)(H,24,32). The molecule has 182 valence electrons. The van der Waals surface area contributed by atoms with E-state index in [1.54, 1.807) is 0 Å². The van der Waals surface area contributed by atoms with Crippen molar-refractivity contribution >= 4 is 59.4 Å². The fourth-order valence-corrected chi connectivity index (χ4v) is 3.83. The molecule has 0 unspecified atom stereocenters. The zero-order valence-corrected chi connectivity index (χ0v) is 22.6. The van der Waals surface area contributed by atoms with Gasteiger partial charge in [0.2, 0.25) is 0 Å². The highest BCUT2D eigenvalue weighted by Gasteiger charge is 2.36. The van der Waals surface area contributed by atoms with Crippen molar-refractivity contribution in [1.29, 1.82) is 0 Å². The zero-order chi connectivity index (χ0) is 24.6. The van der Waals surface area contributed by atoms with E-state index in [1.807, 2.05) is 0 Å². The Morgan fingerprint density at radius 2 is 0.906 bits per heavy atom. The van der Waals surface area contributed by atoms with Crippen molar-refractivity contribution < 1.29 is 18.1 Å². The van der Waals surface area contributed by atoms with Crippen LogP contribution in [0, 0.1) is 0 Å². The smallest absolute Gasteiger partial charge is 0.383 e. The molecule has 0 atom stereocenters. The minimum atomic E-state index is -4.35. The maximum Gasteiger partial charge on any atom is 0.647 e. The number of nitrogens with one attached hydrogen (secondary N) is 3. The average molecular weight is 522 g/mol. The third-order valence-electron chi connectivity index (χ3n) is 3.87. The maximum atomic E-state index is 13.4. The van der Waals surface area contributed by atoms with Gasteiger partial charge < -0.3 is 29.5 Å². The minimum absolute atomic E-state index is 0.0743. The predicted molar refractivity (Wildman–Crippen MR) is 145 cm³/mol. The third-order valence-corrected chi connectivity index (χ3v) is 6.32. The summed E-state index contributed by atoms with van der Waals surface area (Å²) in [6, 6.07) is 0. The summed E-state index contributed by atoms with van der Waals surface area (Å²) in [6.45, 7) is 19.2. The Morgan fingerprint density at radius 3 is 1.12 bits per heavy atom. The molecule has 0 aromatic heterocycles. The molecule has 0 saturated carbocycles. The summed E-state index contributed by atoms with van der Waals surface area (Å²) in [7, 11) is -4.35. The third kappa shape index (κ3) is 13.2. The van der Waals surface area contributed by atoms with Crippen molar-refractivity contribution in [2.24, 2.45) is 0 Å². The zero-order valence-electron chi connectivity index (χ0n) is 19.3. The van der Waals surface area contributed by atoms with Gasteiger partial charge >= 0.3 is 7.82 Å². The van der Waals surface area contributed by atoms with E-state index < -0.39 is 7.82 Å². The predicted octanol–water partition coefficient (Wildman–Crippen LogP) is 5.84. The van der Waals surface area contributed by atoms with Crippen molar-refractivity contribution in [3.8, 4) is 0 Å². The summed E-state index contributed by atoms with van der Waals surface area (Å²) in [6.07, 6.45) is 5.66. The van der Waals surface area contributed by atoms with Crippen molar-refractivity contribution in [1.82, 2.24) is 16.0 Å². The fraction of sp³-hybridized carbons (Fsp3) is 0.571. The van der Waals surface area contributed by atoms with Gasteiger partial charge in [-0.2, -0.15) is 4.57 Å². The van der Waals surface area contributed by atoms with Crippen LogP contribution >= 0.6 is 44.5 Å². The van der Waals surface area contributed by atoms with Crippen LogP contribution in [0.15, 0.2) is 37.0 Å². The first-order valence-corrected chi connectivity index (χ1v) is 13.4. The van der Waals surface area contributed by atoms with Crippen LogP contribution in [0.1, 0.15) is 59.3 Å². The molecule has 0 aromatic rings. The van der Waals surface area contributed by atoms with E-state index >= 15 is 0 Å². The first-order valence-electron chi connectivity index (χ1n) is 10.7. The molecule has 0 aliphatic heterocycles. The molecule has 0 aliphatic rings. The number of hydrogen-bond acceptors (Lipinski definition) is 7. The molecular weight excluding hydrogens is 485 g/mol. The average Bonchev–Trinajstić information content (AvgIpc) is 2.73. The van der Waals surface area contributed by atoms with E-state index in [4.69, 9.17) is 50.2 Å². The van der Waals surface area contributed by atoms with Crippen molar-refractivity contribution in [2.75, 3.05) is 19.6 Å². The van der Waals surface area contributed by atoms with Crippen LogP contribution in [-0.2, 0) is 18.1 Å². The summed E-state index contributed by atoms with van der Waals surface area (Å²) in [5, 5.41) is 8.94. The number of thiocarbonyl (C=S) groups is 3. The molecule has 3 N–H and O–H groups in total. The van der Waals surface area contributed by atoms with Crippen LogP contribution < -0.4 is 16.0 Å². The molecule has 0 fully saturated rings. The first-order chi connectivity index (χ1) is 15.1. The van der Waals surface area contributed by atoms with E-state index in [0.29, 0.717) is 19.6 Å². The van der Waals surface area contributed by atoms with E-state index in [0.717, 1.165) is 38.5 Å².